The van der Waals surface area contributed by atoms with Gasteiger partial charge in [0.25, 0.3) is 17.5 Å². The van der Waals surface area contributed by atoms with Gasteiger partial charge in [-0.05, 0) is 6.07 Å². The Morgan fingerprint density at radius 2 is 1.71 bits per heavy atom. The van der Waals surface area contributed by atoms with Crippen molar-refractivity contribution in [2.45, 2.75) is 4.90 Å². The standard InChI is InChI=1S/C10H6N2O4S/c13-9-5-6-10(14)11(9)17-8-4-2-1-3-7(8)12(15)16/h1-6H. The van der Waals surface area contributed by atoms with Gasteiger partial charge in [-0.15, -0.1) is 0 Å². The van der Waals surface area contributed by atoms with E-state index in [1.165, 1.54) is 18.2 Å². The van der Waals surface area contributed by atoms with Crippen molar-refractivity contribution in [3.8, 4) is 0 Å². The Labute approximate surface area is 100 Å². The first-order chi connectivity index (χ1) is 8.09. The fourth-order valence-electron chi connectivity index (χ4n) is 1.26. The van der Waals surface area contributed by atoms with E-state index < -0.39 is 16.7 Å². The molecule has 0 atom stereocenters. The van der Waals surface area contributed by atoms with Gasteiger partial charge in [-0.1, -0.05) is 12.1 Å². The molecule has 1 heterocycles. The highest BCUT2D eigenvalue weighted by Crippen LogP contribution is 2.32. The molecule has 6 nitrogen and oxygen atoms in total. The number of carbonyl (C=O) groups excluding carboxylic acids is 2. The first-order valence-corrected chi connectivity index (χ1v) is 5.34. The highest BCUT2D eigenvalue weighted by atomic mass is 32.2. The summed E-state index contributed by atoms with van der Waals surface area (Å²) in [6.45, 7) is 0. The molecule has 7 heteroatoms. The number of amides is 2. The first kappa shape index (κ1) is 11.3. The first-order valence-electron chi connectivity index (χ1n) is 4.57. The lowest BCUT2D eigenvalue weighted by atomic mass is 10.3. The van der Waals surface area contributed by atoms with Gasteiger partial charge in [0.1, 0.15) is 4.90 Å². The minimum absolute atomic E-state index is 0.134. The van der Waals surface area contributed by atoms with Crippen molar-refractivity contribution in [2.75, 3.05) is 0 Å². The topological polar surface area (TPSA) is 80.5 Å². The van der Waals surface area contributed by atoms with Gasteiger partial charge in [0.2, 0.25) is 0 Å². The van der Waals surface area contributed by atoms with E-state index in [4.69, 9.17) is 0 Å². The number of nitro benzene ring substituents is 1. The minimum atomic E-state index is -0.555. The van der Waals surface area contributed by atoms with Crippen molar-refractivity contribution in [1.82, 2.24) is 4.31 Å². The predicted molar refractivity (Wildman–Crippen MR) is 59.9 cm³/mol. The van der Waals surface area contributed by atoms with Crippen LogP contribution in [0.1, 0.15) is 0 Å². The van der Waals surface area contributed by atoms with E-state index in [0.29, 0.717) is 0 Å². The Morgan fingerprint density at radius 3 is 2.29 bits per heavy atom. The molecular formula is C10H6N2O4S. The normalized spacial score (nSPS) is 14.5. The Kier molecular flexibility index (Phi) is 2.92. The molecule has 17 heavy (non-hydrogen) atoms. The maximum Gasteiger partial charge on any atom is 0.284 e. The molecule has 2 rings (SSSR count). The molecule has 2 amide bonds. The van der Waals surface area contributed by atoms with Crippen LogP contribution in [0.3, 0.4) is 0 Å². The summed E-state index contributed by atoms with van der Waals surface area (Å²) in [4.78, 5) is 33.0. The molecule has 86 valence electrons. The second-order valence-electron chi connectivity index (χ2n) is 3.12. The molecule has 0 fully saturated rings. The fraction of sp³-hybridized carbons (Fsp3) is 0. The Morgan fingerprint density at radius 1 is 1.12 bits per heavy atom. The average Bonchev–Trinajstić information content (AvgIpc) is 2.61. The summed E-state index contributed by atoms with van der Waals surface area (Å²) >= 11 is 0.752. The molecule has 0 N–H and O–H groups in total. The summed E-state index contributed by atoms with van der Waals surface area (Å²) in [7, 11) is 0. The zero-order valence-electron chi connectivity index (χ0n) is 8.40. The van der Waals surface area contributed by atoms with Crippen molar-refractivity contribution in [3.05, 3.63) is 46.5 Å². The third kappa shape index (κ3) is 2.18. The molecule has 1 aliphatic heterocycles. The lowest BCUT2D eigenvalue weighted by Crippen LogP contribution is -2.22. The smallest absolute Gasteiger partial charge is 0.268 e. The monoisotopic (exact) mass is 250 g/mol. The molecule has 1 aromatic rings. The summed E-state index contributed by atoms with van der Waals surface area (Å²) < 4.78 is 0.877. The van der Waals surface area contributed by atoms with E-state index in [1.54, 1.807) is 6.07 Å². The van der Waals surface area contributed by atoms with Gasteiger partial charge in [0, 0.05) is 30.2 Å². The Bertz CT molecular complexity index is 523. The summed E-state index contributed by atoms with van der Waals surface area (Å²) in [6, 6.07) is 5.93. The number of hydrogen-bond acceptors (Lipinski definition) is 5. The number of carbonyl (C=O) groups is 2. The minimum Gasteiger partial charge on any atom is -0.268 e. The largest absolute Gasteiger partial charge is 0.284 e. The highest BCUT2D eigenvalue weighted by Gasteiger charge is 2.27. The van der Waals surface area contributed by atoms with Crippen LogP contribution in [0.4, 0.5) is 5.69 Å². The van der Waals surface area contributed by atoms with Crippen molar-refractivity contribution >= 4 is 29.4 Å². The molecule has 0 bridgehead atoms. The molecule has 1 aromatic carbocycles. The fourth-order valence-corrected chi connectivity index (χ4v) is 2.13. The zero-order valence-corrected chi connectivity index (χ0v) is 9.22. The van der Waals surface area contributed by atoms with Crippen LogP contribution in [0.5, 0.6) is 0 Å². The maximum absolute atomic E-state index is 11.3. The summed E-state index contributed by atoms with van der Waals surface area (Å²) in [5.74, 6) is -0.976. The van der Waals surface area contributed by atoms with Gasteiger partial charge in [-0.2, -0.15) is 0 Å². The third-order valence-corrected chi connectivity index (χ3v) is 3.10. The number of benzene rings is 1. The second-order valence-corrected chi connectivity index (χ2v) is 4.11. The molecule has 0 aromatic heterocycles. The third-order valence-electron chi connectivity index (χ3n) is 2.02. The molecule has 0 radical (unpaired) electrons. The summed E-state index contributed by atoms with van der Waals surface area (Å²) in [5.41, 5.74) is -0.134. The average molecular weight is 250 g/mol. The van der Waals surface area contributed by atoms with E-state index in [9.17, 15) is 19.7 Å². The van der Waals surface area contributed by atoms with Crippen LogP contribution < -0.4 is 0 Å². The highest BCUT2D eigenvalue weighted by molar-refractivity contribution is 7.98. The number of imide groups is 1. The molecule has 0 saturated carbocycles. The van der Waals surface area contributed by atoms with Crippen molar-refractivity contribution in [1.29, 1.82) is 0 Å². The number of nitro groups is 1. The van der Waals surface area contributed by atoms with Crippen molar-refractivity contribution in [2.24, 2.45) is 0 Å². The zero-order chi connectivity index (χ0) is 12.4. The summed E-state index contributed by atoms with van der Waals surface area (Å²) in [5, 5.41) is 10.7. The number of hydrogen-bond donors (Lipinski definition) is 0. The van der Waals surface area contributed by atoms with E-state index in [-0.39, 0.29) is 10.6 Å². The SMILES string of the molecule is O=C1C=CC(=O)N1Sc1ccccc1[N+](=O)[O-]. The summed E-state index contributed by atoms with van der Waals surface area (Å²) in [6.07, 6.45) is 2.26. The number of para-hydroxylation sites is 1. The number of rotatable bonds is 3. The van der Waals surface area contributed by atoms with Crippen LogP contribution in [0.15, 0.2) is 41.3 Å². The lowest BCUT2D eigenvalue weighted by Gasteiger charge is -2.11. The van der Waals surface area contributed by atoms with Gasteiger partial charge in [0.05, 0.1) is 4.92 Å². The predicted octanol–water partition coefficient (Wildman–Crippen LogP) is 1.53. The van der Waals surface area contributed by atoms with E-state index in [2.05, 4.69) is 0 Å². The molecule has 0 unspecified atom stereocenters. The Balaban J connectivity index is 2.28. The molecule has 0 aliphatic carbocycles. The van der Waals surface area contributed by atoms with Gasteiger partial charge < -0.3 is 0 Å². The van der Waals surface area contributed by atoms with Crippen LogP contribution in [-0.4, -0.2) is 21.0 Å². The lowest BCUT2D eigenvalue weighted by molar-refractivity contribution is -0.387. The number of nitrogens with zero attached hydrogens (tertiary/aromatic N) is 2. The molecule has 1 aliphatic rings. The molecule has 0 saturated heterocycles. The van der Waals surface area contributed by atoms with Crippen LogP contribution in [0.25, 0.3) is 0 Å². The van der Waals surface area contributed by atoms with Crippen molar-refractivity contribution < 1.29 is 14.5 Å². The van der Waals surface area contributed by atoms with Gasteiger partial charge >= 0.3 is 0 Å². The van der Waals surface area contributed by atoms with Crippen LogP contribution in [0.2, 0.25) is 0 Å². The van der Waals surface area contributed by atoms with E-state index in [1.807, 2.05) is 0 Å². The van der Waals surface area contributed by atoms with Crippen LogP contribution >= 0.6 is 11.9 Å². The Hall–Kier alpha value is -2.15. The van der Waals surface area contributed by atoms with Gasteiger partial charge in [0.15, 0.2) is 0 Å². The van der Waals surface area contributed by atoms with E-state index in [0.717, 1.165) is 28.4 Å². The van der Waals surface area contributed by atoms with Gasteiger partial charge in [-0.25, -0.2) is 4.31 Å². The van der Waals surface area contributed by atoms with Crippen LogP contribution in [0, 0.1) is 10.1 Å². The van der Waals surface area contributed by atoms with Crippen LogP contribution in [-0.2, 0) is 9.59 Å². The van der Waals surface area contributed by atoms with E-state index >= 15 is 0 Å². The molecule has 0 spiro atoms. The second kappa shape index (κ2) is 4.38. The quantitative estimate of drug-likeness (QED) is 0.351. The molecular weight excluding hydrogens is 244 g/mol. The maximum atomic E-state index is 11.3. The van der Waals surface area contributed by atoms with Crippen molar-refractivity contribution in [3.63, 3.8) is 0 Å². The van der Waals surface area contributed by atoms with Gasteiger partial charge in [-0.3, -0.25) is 19.7 Å².